The van der Waals surface area contributed by atoms with E-state index in [1.54, 1.807) is 67.6 Å². The maximum Gasteiger partial charge on any atom is 0.338 e. The van der Waals surface area contributed by atoms with Gasteiger partial charge in [0.15, 0.2) is 5.78 Å². The van der Waals surface area contributed by atoms with Gasteiger partial charge >= 0.3 is 5.97 Å². The molecule has 0 amide bonds. The summed E-state index contributed by atoms with van der Waals surface area (Å²) in [6.45, 7) is 2.22. The van der Waals surface area contributed by atoms with Gasteiger partial charge in [0, 0.05) is 5.56 Å². The van der Waals surface area contributed by atoms with Crippen molar-refractivity contribution < 1.29 is 19.4 Å². The highest BCUT2D eigenvalue weighted by Gasteiger charge is 2.18. The van der Waals surface area contributed by atoms with Gasteiger partial charge in [0.05, 0.1) is 12.2 Å². The molecule has 0 aromatic heterocycles. The Balaban J connectivity index is 0.000000208. The molecule has 1 N–H and O–H groups in total. The molecule has 138 valence electrons. The van der Waals surface area contributed by atoms with Crippen LogP contribution in [-0.4, -0.2) is 23.5 Å². The summed E-state index contributed by atoms with van der Waals surface area (Å²) in [7, 11) is 0. The second-order valence-corrected chi connectivity index (χ2v) is 5.63. The number of Topliss-reactive ketones (excluding diaryl/α,β-unsaturated/α-hetero) is 1. The Bertz CT molecular complexity index is 830. The molecule has 0 aliphatic carbocycles. The molecule has 0 aliphatic rings. The molecule has 0 fully saturated rings. The van der Waals surface area contributed by atoms with Crippen LogP contribution in [0.3, 0.4) is 0 Å². The Hall–Kier alpha value is -3.24. The molecule has 0 spiro atoms. The van der Waals surface area contributed by atoms with Crippen molar-refractivity contribution in [1.29, 1.82) is 0 Å². The zero-order valence-corrected chi connectivity index (χ0v) is 15.1. The summed E-state index contributed by atoms with van der Waals surface area (Å²) in [6, 6.07) is 26.7. The van der Waals surface area contributed by atoms with E-state index in [4.69, 9.17) is 4.74 Å². The average Bonchev–Trinajstić information content (AvgIpc) is 2.75. The van der Waals surface area contributed by atoms with Gasteiger partial charge in [0.25, 0.3) is 0 Å². The van der Waals surface area contributed by atoms with Gasteiger partial charge in [0.1, 0.15) is 6.10 Å². The summed E-state index contributed by atoms with van der Waals surface area (Å²) in [4.78, 5) is 22.9. The zero-order valence-electron chi connectivity index (χ0n) is 15.1. The number of ketones is 1. The maximum absolute atomic E-state index is 11.9. The van der Waals surface area contributed by atoms with Crippen LogP contribution in [0.5, 0.6) is 0 Å². The third kappa shape index (κ3) is 6.20. The van der Waals surface area contributed by atoms with Crippen molar-refractivity contribution >= 4 is 11.8 Å². The molecule has 4 nitrogen and oxygen atoms in total. The van der Waals surface area contributed by atoms with Crippen molar-refractivity contribution in [2.45, 2.75) is 13.0 Å². The number of carbonyl (C=O) groups is 2. The van der Waals surface area contributed by atoms with Gasteiger partial charge < -0.3 is 9.84 Å². The molecule has 3 aromatic carbocycles. The molecular weight excluding hydrogens is 340 g/mol. The van der Waals surface area contributed by atoms with E-state index in [0.717, 1.165) is 0 Å². The Labute approximate surface area is 159 Å². The molecule has 0 bridgehead atoms. The van der Waals surface area contributed by atoms with Crippen LogP contribution >= 0.6 is 0 Å². The Morgan fingerprint density at radius 1 is 0.778 bits per heavy atom. The van der Waals surface area contributed by atoms with Gasteiger partial charge in [-0.1, -0.05) is 78.9 Å². The number of aliphatic hydroxyl groups is 1. The molecule has 0 heterocycles. The monoisotopic (exact) mass is 362 g/mol. The molecule has 4 heteroatoms. The number of esters is 1. The number of hydrogen-bond acceptors (Lipinski definition) is 4. The number of ether oxygens (including phenoxy) is 1. The summed E-state index contributed by atoms with van der Waals surface area (Å²) >= 11 is 0. The van der Waals surface area contributed by atoms with E-state index in [9.17, 15) is 14.7 Å². The lowest BCUT2D eigenvalue weighted by atomic mass is 10.0. The van der Waals surface area contributed by atoms with E-state index in [2.05, 4.69) is 0 Å². The molecule has 3 rings (SSSR count). The van der Waals surface area contributed by atoms with Crippen molar-refractivity contribution in [2.75, 3.05) is 6.61 Å². The van der Waals surface area contributed by atoms with Gasteiger partial charge in [-0.25, -0.2) is 4.79 Å². The highest BCUT2D eigenvalue weighted by Crippen LogP contribution is 2.17. The number of carbonyl (C=O) groups excluding carboxylic acids is 2. The van der Waals surface area contributed by atoms with Crippen LogP contribution in [0.2, 0.25) is 0 Å². The van der Waals surface area contributed by atoms with Gasteiger partial charge in [-0.3, -0.25) is 4.79 Å². The Kier molecular flexibility index (Phi) is 7.94. The second kappa shape index (κ2) is 10.7. The number of rotatable bonds is 5. The lowest BCUT2D eigenvalue weighted by molar-refractivity contribution is 0.0526. The minimum atomic E-state index is -1.08. The van der Waals surface area contributed by atoms with Crippen molar-refractivity contribution in [3.8, 4) is 0 Å². The molecule has 1 atom stereocenters. The second-order valence-electron chi connectivity index (χ2n) is 5.63. The van der Waals surface area contributed by atoms with E-state index in [1.165, 1.54) is 0 Å². The predicted molar refractivity (Wildman–Crippen MR) is 105 cm³/mol. The summed E-state index contributed by atoms with van der Waals surface area (Å²) in [5.41, 5.74) is 1.75. The molecule has 1 unspecified atom stereocenters. The standard InChI is InChI=1S/C14H12O2.C9H10O2/c15-13(11-7-3-1-4-8-11)14(16)12-9-5-2-6-10-12;1-2-11-9(10)8-6-4-3-5-7-8/h1-10,13,15H;3-7H,2H2,1H3. The van der Waals surface area contributed by atoms with E-state index < -0.39 is 6.10 Å². The molecule has 0 saturated heterocycles. The van der Waals surface area contributed by atoms with Crippen LogP contribution in [0.25, 0.3) is 0 Å². The normalized spacial score (nSPS) is 10.9. The molecule has 27 heavy (non-hydrogen) atoms. The molecule has 0 radical (unpaired) electrons. The first-order valence-electron chi connectivity index (χ1n) is 8.68. The van der Waals surface area contributed by atoms with Crippen LogP contribution in [0.15, 0.2) is 91.0 Å². The molecule has 3 aromatic rings. The topological polar surface area (TPSA) is 63.6 Å². The van der Waals surface area contributed by atoms with Crippen LogP contribution < -0.4 is 0 Å². The van der Waals surface area contributed by atoms with Gasteiger partial charge in [-0.15, -0.1) is 0 Å². The number of benzene rings is 3. The van der Waals surface area contributed by atoms with Gasteiger partial charge in [0.2, 0.25) is 0 Å². The molecular formula is C23H22O4. The smallest absolute Gasteiger partial charge is 0.338 e. The summed E-state index contributed by atoms with van der Waals surface area (Å²) in [6.07, 6.45) is -1.08. The fourth-order valence-electron chi connectivity index (χ4n) is 2.34. The summed E-state index contributed by atoms with van der Waals surface area (Å²) in [5, 5.41) is 9.89. The van der Waals surface area contributed by atoms with Crippen molar-refractivity contribution in [1.82, 2.24) is 0 Å². The third-order valence-corrected chi connectivity index (χ3v) is 3.71. The maximum atomic E-state index is 11.9. The predicted octanol–water partition coefficient (Wildman–Crippen LogP) is 4.47. The fraction of sp³-hybridized carbons (Fsp3) is 0.130. The first-order chi connectivity index (χ1) is 13.1. The van der Waals surface area contributed by atoms with E-state index >= 15 is 0 Å². The van der Waals surface area contributed by atoms with Crippen molar-refractivity contribution in [3.05, 3.63) is 108 Å². The fourth-order valence-corrected chi connectivity index (χ4v) is 2.34. The summed E-state index contributed by atoms with van der Waals surface area (Å²) < 4.78 is 4.79. The van der Waals surface area contributed by atoms with Crippen LogP contribution in [0, 0.1) is 0 Å². The molecule has 0 aliphatic heterocycles. The number of aliphatic hydroxyl groups excluding tert-OH is 1. The first-order valence-corrected chi connectivity index (χ1v) is 8.68. The zero-order chi connectivity index (χ0) is 19.5. The van der Waals surface area contributed by atoms with E-state index in [1.807, 2.05) is 30.3 Å². The van der Waals surface area contributed by atoms with Crippen LogP contribution in [0.1, 0.15) is 39.3 Å². The average molecular weight is 362 g/mol. The Morgan fingerprint density at radius 3 is 1.70 bits per heavy atom. The Morgan fingerprint density at radius 2 is 1.22 bits per heavy atom. The quantitative estimate of drug-likeness (QED) is 0.537. The minimum absolute atomic E-state index is 0.256. The van der Waals surface area contributed by atoms with Gasteiger partial charge in [-0.05, 0) is 24.6 Å². The summed E-state index contributed by atoms with van der Waals surface area (Å²) in [5.74, 6) is -0.528. The van der Waals surface area contributed by atoms with Crippen molar-refractivity contribution in [2.24, 2.45) is 0 Å². The van der Waals surface area contributed by atoms with Crippen LogP contribution in [0.4, 0.5) is 0 Å². The van der Waals surface area contributed by atoms with Crippen LogP contribution in [-0.2, 0) is 4.74 Å². The number of hydrogen-bond donors (Lipinski definition) is 1. The highest BCUT2D eigenvalue weighted by molar-refractivity contribution is 5.99. The third-order valence-electron chi connectivity index (χ3n) is 3.71. The first kappa shape index (κ1) is 20.1. The molecule has 0 saturated carbocycles. The lowest BCUT2D eigenvalue weighted by Gasteiger charge is -2.09. The van der Waals surface area contributed by atoms with E-state index in [0.29, 0.717) is 23.3 Å². The van der Waals surface area contributed by atoms with E-state index in [-0.39, 0.29) is 11.8 Å². The highest BCUT2D eigenvalue weighted by atomic mass is 16.5. The lowest BCUT2D eigenvalue weighted by Crippen LogP contribution is -2.11. The van der Waals surface area contributed by atoms with Crippen molar-refractivity contribution in [3.63, 3.8) is 0 Å². The SMILES string of the molecule is CCOC(=O)c1ccccc1.O=C(c1ccccc1)C(O)c1ccccc1. The largest absolute Gasteiger partial charge is 0.462 e. The van der Waals surface area contributed by atoms with Gasteiger partial charge in [-0.2, -0.15) is 0 Å². The minimum Gasteiger partial charge on any atom is -0.462 e.